The van der Waals surface area contributed by atoms with Crippen molar-refractivity contribution < 1.29 is 14.2 Å². The Kier molecular flexibility index (Phi) is 7.94. The van der Waals surface area contributed by atoms with Crippen LogP contribution >= 0.6 is 0 Å². The number of ether oxygens (including phenoxy) is 3. The van der Waals surface area contributed by atoms with Crippen molar-refractivity contribution in [2.45, 2.75) is 50.7 Å². The summed E-state index contributed by atoms with van der Waals surface area (Å²) in [5.74, 6) is 2.37. The highest BCUT2D eigenvalue weighted by atomic mass is 16.5. The molecule has 0 amide bonds. The first-order valence-corrected chi connectivity index (χ1v) is 11.7. The second kappa shape index (κ2) is 11.1. The number of hydrogen-bond acceptors (Lipinski definition) is 8. The van der Waals surface area contributed by atoms with Crippen molar-refractivity contribution in [2.75, 3.05) is 54.1 Å². The van der Waals surface area contributed by atoms with E-state index >= 15 is 0 Å². The van der Waals surface area contributed by atoms with Gasteiger partial charge in [0.1, 0.15) is 17.5 Å². The maximum atomic E-state index is 5.78. The normalized spacial score (nSPS) is 19.7. The van der Waals surface area contributed by atoms with Gasteiger partial charge in [-0.25, -0.2) is 4.68 Å². The number of piperazine rings is 1. The minimum Gasteiger partial charge on any atom is -0.497 e. The van der Waals surface area contributed by atoms with E-state index in [9.17, 15) is 0 Å². The predicted molar refractivity (Wildman–Crippen MR) is 121 cm³/mol. The summed E-state index contributed by atoms with van der Waals surface area (Å²) in [7, 11) is 5.06. The molecule has 1 aromatic carbocycles. The van der Waals surface area contributed by atoms with Crippen LogP contribution in [0.4, 0.5) is 0 Å². The van der Waals surface area contributed by atoms with E-state index in [-0.39, 0.29) is 6.04 Å². The van der Waals surface area contributed by atoms with Crippen molar-refractivity contribution in [3.05, 3.63) is 29.6 Å². The first-order chi connectivity index (χ1) is 15.7. The number of benzene rings is 1. The smallest absolute Gasteiger partial charge is 0.173 e. The molecule has 0 radical (unpaired) electrons. The third-order valence-corrected chi connectivity index (χ3v) is 6.85. The zero-order valence-electron chi connectivity index (χ0n) is 19.6. The molecule has 32 heavy (non-hydrogen) atoms. The Hall–Kier alpha value is -2.23. The summed E-state index contributed by atoms with van der Waals surface area (Å²) in [5, 5.41) is 12.7. The van der Waals surface area contributed by atoms with E-state index in [2.05, 4.69) is 31.4 Å². The van der Waals surface area contributed by atoms with Gasteiger partial charge in [-0.05, 0) is 35.4 Å². The van der Waals surface area contributed by atoms with Crippen molar-refractivity contribution in [1.82, 2.24) is 30.0 Å². The number of aromatic nitrogens is 4. The molecule has 2 aromatic rings. The van der Waals surface area contributed by atoms with Crippen LogP contribution in [-0.2, 0) is 11.3 Å². The molecule has 2 aliphatic rings. The van der Waals surface area contributed by atoms with Gasteiger partial charge in [0, 0.05) is 51.0 Å². The van der Waals surface area contributed by atoms with Gasteiger partial charge in [0.25, 0.3) is 0 Å². The fourth-order valence-corrected chi connectivity index (χ4v) is 5.09. The number of tetrazole rings is 1. The minimum absolute atomic E-state index is 0.101. The molecule has 1 atom stereocenters. The Morgan fingerprint density at radius 2 is 1.78 bits per heavy atom. The molecule has 1 aromatic heterocycles. The third-order valence-electron chi connectivity index (χ3n) is 6.85. The highest BCUT2D eigenvalue weighted by molar-refractivity contribution is 5.44. The summed E-state index contributed by atoms with van der Waals surface area (Å²) in [6.07, 6.45) is 6.80. The van der Waals surface area contributed by atoms with Crippen LogP contribution in [0.25, 0.3) is 0 Å². The maximum absolute atomic E-state index is 5.78. The van der Waals surface area contributed by atoms with Crippen LogP contribution in [0.15, 0.2) is 18.2 Å². The van der Waals surface area contributed by atoms with E-state index in [0.717, 1.165) is 55.1 Å². The second-order valence-corrected chi connectivity index (χ2v) is 8.63. The largest absolute Gasteiger partial charge is 0.497 e. The molecule has 2 fully saturated rings. The molecular formula is C23H36N6O3. The molecule has 9 nitrogen and oxygen atoms in total. The molecular weight excluding hydrogens is 408 g/mol. The van der Waals surface area contributed by atoms with Crippen LogP contribution in [0, 0.1) is 0 Å². The van der Waals surface area contributed by atoms with E-state index < -0.39 is 0 Å². The van der Waals surface area contributed by atoms with Crippen LogP contribution in [0.1, 0.15) is 49.5 Å². The average molecular weight is 445 g/mol. The Balaban J connectivity index is 1.61. The average Bonchev–Trinajstić information content (AvgIpc) is 3.32. The van der Waals surface area contributed by atoms with Crippen LogP contribution in [0.3, 0.4) is 0 Å². The second-order valence-electron chi connectivity index (χ2n) is 8.63. The highest BCUT2D eigenvalue weighted by Crippen LogP contribution is 2.37. The van der Waals surface area contributed by atoms with E-state index in [1.165, 1.54) is 32.1 Å². The SMILES string of the molecule is COCCn1nnnc1[C@@H](c1ccc(OC)cc1OC)N1CCN(C2CCCCC2)CC1. The molecule has 1 saturated carbocycles. The lowest BCUT2D eigenvalue weighted by molar-refractivity contribution is 0.0609. The predicted octanol–water partition coefficient (Wildman–Crippen LogP) is 2.38. The van der Waals surface area contributed by atoms with Gasteiger partial charge in [-0.2, -0.15) is 0 Å². The molecule has 9 heteroatoms. The topological polar surface area (TPSA) is 77.8 Å². The van der Waals surface area contributed by atoms with E-state index in [1.54, 1.807) is 21.3 Å². The lowest BCUT2D eigenvalue weighted by atomic mass is 9.93. The summed E-state index contributed by atoms with van der Waals surface area (Å²) in [4.78, 5) is 5.17. The van der Waals surface area contributed by atoms with Gasteiger partial charge in [-0.15, -0.1) is 5.10 Å². The summed E-state index contributed by atoms with van der Waals surface area (Å²) in [6, 6.07) is 6.63. The molecule has 0 spiro atoms. The molecule has 1 aliphatic carbocycles. The van der Waals surface area contributed by atoms with E-state index in [4.69, 9.17) is 14.2 Å². The lowest BCUT2D eigenvalue weighted by Crippen LogP contribution is -2.52. The fraction of sp³-hybridized carbons (Fsp3) is 0.696. The third kappa shape index (κ3) is 5.05. The molecule has 4 rings (SSSR count). The van der Waals surface area contributed by atoms with Gasteiger partial charge in [-0.3, -0.25) is 9.80 Å². The molecule has 2 heterocycles. The van der Waals surface area contributed by atoms with Crippen molar-refractivity contribution in [3.8, 4) is 11.5 Å². The maximum Gasteiger partial charge on any atom is 0.173 e. The Morgan fingerprint density at radius 1 is 1.00 bits per heavy atom. The fourth-order valence-electron chi connectivity index (χ4n) is 5.09. The van der Waals surface area contributed by atoms with Crippen molar-refractivity contribution in [1.29, 1.82) is 0 Å². The summed E-state index contributed by atoms with van der Waals surface area (Å²) < 4.78 is 18.3. The zero-order chi connectivity index (χ0) is 22.3. The number of methoxy groups -OCH3 is 3. The Labute approximate surface area is 190 Å². The van der Waals surface area contributed by atoms with Crippen LogP contribution in [0.5, 0.6) is 11.5 Å². The summed E-state index contributed by atoms with van der Waals surface area (Å²) >= 11 is 0. The van der Waals surface area contributed by atoms with Crippen LogP contribution in [-0.4, -0.2) is 90.2 Å². The highest BCUT2D eigenvalue weighted by Gasteiger charge is 2.34. The van der Waals surface area contributed by atoms with Crippen molar-refractivity contribution in [3.63, 3.8) is 0 Å². The summed E-state index contributed by atoms with van der Waals surface area (Å²) in [6.45, 7) is 5.23. The van der Waals surface area contributed by atoms with E-state index in [1.807, 2.05) is 16.8 Å². The zero-order valence-corrected chi connectivity index (χ0v) is 19.6. The van der Waals surface area contributed by atoms with Gasteiger partial charge in [0.2, 0.25) is 0 Å². The minimum atomic E-state index is -0.101. The molecule has 0 N–H and O–H groups in total. The van der Waals surface area contributed by atoms with Gasteiger partial charge < -0.3 is 14.2 Å². The number of rotatable bonds is 9. The standard InChI is InChI=1S/C23H36N6O3/c1-30-16-15-29-23(24-25-26-29)22(20-10-9-19(31-2)17-21(20)32-3)28-13-11-27(12-14-28)18-7-5-4-6-8-18/h9-10,17-18,22H,4-8,11-16H2,1-3H3/t22-/m1/s1. The van der Waals surface area contributed by atoms with E-state index in [0.29, 0.717) is 13.2 Å². The quantitative estimate of drug-likeness (QED) is 0.583. The van der Waals surface area contributed by atoms with Crippen molar-refractivity contribution in [2.24, 2.45) is 0 Å². The molecule has 0 bridgehead atoms. The molecule has 1 saturated heterocycles. The number of nitrogens with zero attached hydrogens (tertiary/aromatic N) is 6. The number of hydrogen-bond donors (Lipinski definition) is 0. The van der Waals surface area contributed by atoms with Crippen molar-refractivity contribution >= 4 is 0 Å². The summed E-state index contributed by atoms with van der Waals surface area (Å²) in [5.41, 5.74) is 1.05. The van der Waals surface area contributed by atoms with Gasteiger partial charge >= 0.3 is 0 Å². The molecule has 0 unspecified atom stereocenters. The Morgan fingerprint density at radius 3 is 2.47 bits per heavy atom. The Bertz CT molecular complexity index is 846. The van der Waals surface area contributed by atoms with Crippen LogP contribution < -0.4 is 9.47 Å². The van der Waals surface area contributed by atoms with Gasteiger partial charge in [0.15, 0.2) is 5.82 Å². The molecule has 1 aliphatic heterocycles. The monoisotopic (exact) mass is 444 g/mol. The first-order valence-electron chi connectivity index (χ1n) is 11.7. The van der Waals surface area contributed by atoms with Gasteiger partial charge in [-0.1, -0.05) is 19.3 Å². The first kappa shape index (κ1) is 22.9. The molecule has 176 valence electrons. The van der Waals surface area contributed by atoms with Gasteiger partial charge in [0.05, 0.1) is 27.4 Å². The lowest BCUT2D eigenvalue weighted by Gasteiger charge is -2.43. The van der Waals surface area contributed by atoms with Crippen LogP contribution in [0.2, 0.25) is 0 Å².